The molecule has 0 unspecified atom stereocenters. The van der Waals surface area contributed by atoms with Crippen LogP contribution in [0.2, 0.25) is 0 Å². The third kappa shape index (κ3) is 4.64. The van der Waals surface area contributed by atoms with E-state index in [1.165, 1.54) is 0 Å². The van der Waals surface area contributed by atoms with E-state index in [4.69, 9.17) is 5.73 Å². The van der Waals surface area contributed by atoms with E-state index >= 15 is 0 Å². The van der Waals surface area contributed by atoms with Gasteiger partial charge in [0, 0.05) is 12.2 Å². The SMILES string of the molecule is NC(=O)c1cc(F)cc(C2CCC(CNc3ccccc3)CC2)c1C(F)(F)F. The number of halogens is 4. The van der Waals surface area contributed by atoms with Gasteiger partial charge < -0.3 is 11.1 Å². The molecule has 2 aromatic carbocycles. The number of hydrogen-bond donors (Lipinski definition) is 2. The maximum absolute atomic E-state index is 13.9. The summed E-state index contributed by atoms with van der Waals surface area (Å²) in [6, 6.07) is 11.2. The Morgan fingerprint density at radius 1 is 1.07 bits per heavy atom. The van der Waals surface area contributed by atoms with Crippen molar-refractivity contribution < 1.29 is 22.4 Å². The molecular formula is C21H22F4N2O. The average Bonchev–Trinajstić information content (AvgIpc) is 2.66. The van der Waals surface area contributed by atoms with Gasteiger partial charge in [-0.1, -0.05) is 18.2 Å². The van der Waals surface area contributed by atoms with Crippen molar-refractivity contribution in [2.75, 3.05) is 11.9 Å². The number of hydrogen-bond acceptors (Lipinski definition) is 2. The van der Waals surface area contributed by atoms with Gasteiger partial charge in [0.2, 0.25) is 5.91 Å². The number of carbonyl (C=O) groups excluding carboxylic acids is 1. The van der Waals surface area contributed by atoms with Gasteiger partial charge in [-0.2, -0.15) is 13.2 Å². The Balaban J connectivity index is 1.74. The summed E-state index contributed by atoms with van der Waals surface area (Å²) in [6.45, 7) is 0.735. The number of para-hydroxylation sites is 1. The number of rotatable bonds is 5. The van der Waals surface area contributed by atoms with E-state index in [1.54, 1.807) is 0 Å². The third-order valence-corrected chi connectivity index (χ3v) is 5.34. The summed E-state index contributed by atoms with van der Waals surface area (Å²) in [6.07, 6.45) is -2.30. The number of benzene rings is 2. The minimum Gasteiger partial charge on any atom is -0.385 e. The van der Waals surface area contributed by atoms with Crippen LogP contribution in [-0.2, 0) is 6.18 Å². The van der Waals surface area contributed by atoms with Crippen molar-refractivity contribution in [3.8, 4) is 0 Å². The highest BCUT2D eigenvalue weighted by molar-refractivity contribution is 5.95. The lowest BCUT2D eigenvalue weighted by molar-refractivity contribution is -0.138. The second-order valence-electron chi connectivity index (χ2n) is 7.24. The summed E-state index contributed by atoms with van der Waals surface area (Å²) in [5, 5.41) is 3.34. The molecular weight excluding hydrogens is 372 g/mol. The molecule has 1 amide bonds. The van der Waals surface area contributed by atoms with Crippen LogP contribution < -0.4 is 11.1 Å². The molecule has 1 aliphatic rings. The number of alkyl halides is 3. The highest BCUT2D eigenvalue weighted by Gasteiger charge is 2.40. The van der Waals surface area contributed by atoms with Crippen LogP contribution in [0.25, 0.3) is 0 Å². The van der Waals surface area contributed by atoms with Crippen LogP contribution in [0.5, 0.6) is 0 Å². The van der Waals surface area contributed by atoms with Crippen LogP contribution in [-0.4, -0.2) is 12.5 Å². The van der Waals surface area contributed by atoms with E-state index in [2.05, 4.69) is 5.32 Å². The molecule has 3 N–H and O–H groups in total. The molecule has 0 heterocycles. The summed E-state index contributed by atoms with van der Waals surface area (Å²) in [4.78, 5) is 11.5. The molecule has 0 atom stereocenters. The summed E-state index contributed by atoms with van der Waals surface area (Å²) in [5.41, 5.74) is 4.04. The van der Waals surface area contributed by atoms with Crippen molar-refractivity contribution >= 4 is 11.6 Å². The zero-order chi connectivity index (χ0) is 20.3. The van der Waals surface area contributed by atoms with Crippen molar-refractivity contribution in [1.82, 2.24) is 0 Å². The molecule has 0 spiro atoms. The molecule has 0 saturated heterocycles. The van der Waals surface area contributed by atoms with Gasteiger partial charge in [-0.05, 0) is 67.3 Å². The van der Waals surface area contributed by atoms with E-state index in [0.29, 0.717) is 24.8 Å². The predicted octanol–water partition coefficient (Wildman–Crippen LogP) is 5.33. The Morgan fingerprint density at radius 2 is 1.71 bits per heavy atom. The maximum Gasteiger partial charge on any atom is 0.417 e. The van der Waals surface area contributed by atoms with Crippen molar-refractivity contribution in [2.45, 2.75) is 37.8 Å². The second-order valence-corrected chi connectivity index (χ2v) is 7.24. The molecule has 0 aromatic heterocycles. The summed E-state index contributed by atoms with van der Waals surface area (Å²) >= 11 is 0. The zero-order valence-corrected chi connectivity index (χ0v) is 15.2. The Hall–Kier alpha value is -2.57. The lowest BCUT2D eigenvalue weighted by atomic mass is 9.76. The molecule has 7 heteroatoms. The molecule has 3 nitrogen and oxygen atoms in total. The first-order chi connectivity index (χ1) is 13.3. The molecule has 0 bridgehead atoms. The van der Waals surface area contributed by atoms with Gasteiger partial charge in [0.15, 0.2) is 0 Å². The van der Waals surface area contributed by atoms with Gasteiger partial charge in [-0.25, -0.2) is 4.39 Å². The Morgan fingerprint density at radius 3 is 2.29 bits per heavy atom. The van der Waals surface area contributed by atoms with E-state index in [9.17, 15) is 22.4 Å². The molecule has 0 radical (unpaired) electrons. The van der Waals surface area contributed by atoms with Crippen LogP contribution in [0.3, 0.4) is 0 Å². The number of primary amides is 1. The molecule has 150 valence electrons. The van der Waals surface area contributed by atoms with Crippen LogP contribution in [0.15, 0.2) is 42.5 Å². The van der Waals surface area contributed by atoms with E-state index in [0.717, 1.165) is 31.1 Å². The molecule has 0 aliphatic heterocycles. The van der Waals surface area contributed by atoms with Crippen LogP contribution in [0.1, 0.15) is 53.1 Å². The summed E-state index contributed by atoms with van der Waals surface area (Å²) in [7, 11) is 0. The fourth-order valence-corrected chi connectivity index (χ4v) is 3.96. The first-order valence-corrected chi connectivity index (χ1v) is 9.25. The fraction of sp³-hybridized carbons (Fsp3) is 0.381. The number of nitrogens with one attached hydrogen (secondary N) is 1. The van der Waals surface area contributed by atoms with E-state index in [-0.39, 0.29) is 5.56 Å². The lowest BCUT2D eigenvalue weighted by Gasteiger charge is -2.31. The fourth-order valence-electron chi connectivity index (χ4n) is 3.96. The zero-order valence-electron chi connectivity index (χ0n) is 15.2. The standard InChI is InChI=1S/C21H22F4N2O/c22-15-10-17(19(21(23,24)25)18(11-15)20(26)28)14-8-6-13(7-9-14)12-27-16-4-2-1-3-5-16/h1-5,10-11,13-14,27H,6-9,12H2,(H2,26,28). The first kappa shape index (κ1) is 20.2. The van der Waals surface area contributed by atoms with Gasteiger partial charge in [-0.3, -0.25) is 4.79 Å². The molecule has 28 heavy (non-hydrogen) atoms. The second kappa shape index (κ2) is 8.20. The van der Waals surface area contributed by atoms with Crippen molar-refractivity contribution in [3.05, 3.63) is 65.0 Å². The van der Waals surface area contributed by atoms with E-state index in [1.807, 2.05) is 30.3 Å². The highest BCUT2D eigenvalue weighted by atomic mass is 19.4. The van der Waals surface area contributed by atoms with Crippen molar-refractivity contribution in [2.24, 2.45) is 11.7 Å². The number of amides is 1. The minimum absolute atomic E-state index is 0.157. The quantitative estimate of drug-likeness (QED) is 0.674. The lowest BCUT2D eigenvalue weighted by Crippen LogP contribution is -2.25. The van der Waals surface area contributed by atoms with Crippen LogP contribution in [0, 0.1) is 11.7 Å². The minimum atomic E-state index is -4.76. The van der Waals surface area contributed by atoms with Crippen molar-refractivity contribution in [3.63, 3.8) is 0 Å². The largest absolute Gasteiger partial charge is 0.417 e. The van der Waals surface area contributed by atoms with Crippen LogP contribution in [0.4, 0.5) is 23.2 Å². The first-order valence-electron chi connectivity index (χ1n) is 9.25. The molecule has 1 aliphatic carbocycles. The Kier molecular flexibility index (Phi) is 5.91. The number of carbonyl (C=O) groups is 1. The Labute approximate surface area is 160 Å². The average molecular weight is 394 g/mol. The van der Waals surface area contributed by atoms with Gasteiger partial charge in [0.25, 0.3) is 0 Å². The molecule has 2 aromatic rings. The number of nitrogens with two attached hydrogens (primary N) is 1. The topological polar surface area (TPSA) is 55.1 Å². The maximum atomic E-state index is 13.9. The molecule has 1 saturated carbocycles. The van der Waals surface area contributed by atoms with Gasteiger partial charge in [0.05, 0.1) is 11.1 Å². The summed E-state index contributed by atoms with van der Waals surface area (Å²) in [5.74, 6) is -2.26. The predicted molar refractivity (Wildman–Crippen MR) is 99.6 cm³/mol. The Bertz CT molecular complexity index is 828. The molecule has 1 fully saturated rings. The normalized spacial score (nSPS) is 20.0. The van der Waals surface area contributed by atoms with Gasteiger partial charge >= 0.3 is 6.18 Å². The molecule has 3 rings (SSSR count). The van der Waals surface area contributed by atoms with E-state index < -0.39 is 34.9 Å². The van der Waals surface area contributed by atoms with Crippen molar-refractivity contribution in [1.29, 1.82) is 0 Å². The smallest absolute Gasteiger partial charge is 0.385 e. The number of anilines is 1. The van der Waals surface area contributed by atoms with Gasteiger partial charge in [-0.15, -0.1) is 0 Å². The monoisotopic (exact) mass is 394 g/mol. The summed E-state index contributed by atoms with van der Waals surface area (Å²) < 4.78 is 54.7. The highest BCUT2D eigenvalue weighted by Crippen LogP contribution is 2.43. The van der Waals surface area contributed by atoms with Gasteiger partial charge in [0.1, 0.15) is 5.82 Å². The third-order valence-electron chi connectivity index (χ3n) is 5.34. The van der Waals surface area contributed by atoms with Crippen LogP contribution >= 0.6 is 0 Å².